The Labute approximate surface area is 177 Å². The van der Waals surface area contributed by atoms with Gasteiger partial charge in [-0.3, -0.25) is 14.5 Å². The lowest BCUT2D eigenvalue weighted by molar-refractivity contribution is -0.133. The maximum atomic E-state index is 12.9. The molecule has 0 aromatic heterocycles. The van der Waals surface area contributed by atoms with Crippen molar-refractivity contribution in [1.29, 1.82) is 0 Å². The van der Waals surface area contributed by atoms with Crippen LogP contribution in [0.2, 0.25) is 0 Å². The summed E-state index contributed by atoms with van der Waals surface area (Å²) < 4.78 is 27.1. The van der Waals surface area contributed by atoms with Crippen molar-refractivity contribution in [3.05, 3.63) is 29.8 Å². The van der Waals surface area contributed by atoms with Crippen molar-refractivity contribution in [3.8, 4) is 0 Å². The van der Waals surface area contributed by atoms with Gasteiger partial charge in [-0.05, 0) is 25.5 Å². The minimum Gasteiger partial charge on any atom is -0.339 e. The van der Waals surface area contributed by atoms with E-state index in [2.05, 4.69) is 11.8 Å². The van der Waals surface area contributed by atoms with E-state index in [4.69, 9.17) is 0 Å². The minimum absolute atomic E-state index is 0.0783. The molecule has 2 aliphatic rings. The number of piperazine rings is 1. The van der Waals surface area contributed by atoms with Gasteiger partial charge in [-0.2, -0.15) is 16.1 Å². The van der Waals surface area contributed by atoms with Crippen LogP contribution >= 0.6 is 11.8 Å². The maximum absolute atomic E-state index is 12.9. The molecule has 2 saturated heterocycles. The fourth-order valence-corrected chi connectivity index (χ4v) is 6.32. The highest BCUT2D eigenvalue weighted by Crippen LogP contribution is 2.22. The molecule has 160 valence electrons. The molecule has 0 saturated carbocycles. The molecular weight excluding hydrogens is 410 g/mol. The predicted molar refractivity (Wildman–Crippen MR) is 115 cm³/mol. The summed E-state index contributed by atoms with van der Waals surface area (Å²) in [7, 11) is -3.62. The first kappa shape index (κ1) is 22.3. The zero-order valence-corrected chi connectivity index (χ0v) is 18.7. The Kier molecular flexibility index (Phi) is 7.37. The van der Waals surface area contributed by atoms with Gasteiger partial charge in [0.15, 0.2) is 5.78 Å². The Bertz CT molecular complexity index is 834. The van der Waals surface area contributed by atoms with Crippen LogP contribution in [-0.2, 0) is 14.8 Å². The molecule has 1 amide bonds. The Morgan fingerprint density at radius 3 is 2.31 bits per heavy atom. The largest absolute Gasteiger partial charge is 0.339 e. The van der Waals surface area contributed by atoms with Crippen LogP contribution in [0.4, 0.5) is 0 Å². The summed E-state index contributed by atoms with van der Waals surface area (Å²) in [6.45, 7) is 7.30. The van der Waals surface area contributed by atoms with Crippen molar-refractivity contribution >= 4 is 33.5 Å². The van der Waals surface area contributed by atoms with Crippen molar-refractivity contribution in [3.63, 3.8) is 0 Å². The number of carbonyl (C=O) groups is 2. The van der Waals surface area contributed by atoms with Gasteiger partial charge in [0.05, 0.1) is 11.4 Å². The number of thioether (sulfide) groups is 1. The maximum Gasteiger partial charge on any atom is 0.243 e. The van der Waals surface area contributed by atoms with E-state index in [-0.39, 0.29) is 29.7 Å². The fourth-order valence-electron chi connectivity index (χ4n) is 3.65. The van der Waals surface area contributed by atoms with Gasteiger partial charge in [0.1, 0.15) is 0 Å². The van der Waals surface area contributed by atoms with E-state index in [1.165, 1.54) is 35.5 Å². The van der Waals surface area contributed by atoms with Gasteiger partial charge < -0.3 is 4.90 Å². The van der Waals surface area contributed by atoms with Gasteiger partial charge in [-0.25, -0.2) is 8.42 Å². The predicted octanol–water partition coefficient (Wildman–Crippen LogP) is 1.55. The molecule has 7 nitrogen and oxygen atoms in total. The average Bonchev–Trinajstić information content (AvgIpc) is 2.74. The average molecular weight is 440 g/mol. The van der Waals surface area contributed by atoms with Crippen LogP contribution in [0, 0.1) is 0 Å². The first-order chi connectivity index (χ1) is 13.8. The third kappa shape index (κ3) is 5.39. The first-order valence-corrected chi connectivity index (χ1v) is 12.5. The van der Waals surface area contributed by atoms with E-state index in [9.17, 15) is 18.0 Å². The number of ketones is 1. The van der Waals surface area contributed by atoms with Gasteiger partial charge in [-0.1, -0.05) is 19.1 Å². The summed E-state index contributed by atoms with van der Waals surface area (Å²) in [6.07, 6.45) is 1.11. The van der Waals surface area contributed by atoms with Gasteiger partial charge in [-0.15, -0.1) is 0 Å². The lowest BCUT2D eigenvalue weighted by Crippen LogP contribution is -2.53. The monoisotopic (exact) mass is 439 g/mol. The number of benzene rings is 1. The molecule has 2 fully saturated rings. The normalized spacial score (nSPS) is 21.9. The topological polar surface area (TPSA) is 78.0 Å². The van der Waals surface area contributed by atoms with Gasteiger partial charge in [0.25, 0.3) is 0 Å². The van der Waals surface area contributed by atoms with E-state index < -0.39 is 10.0 Å². The number of Topliss-reactive ketones (excluding diaryl/α,β-unsaturated/α-hetero) is 1. The molecular formula is C20H29N3O4S2. The van der Waals surface area contributed by atoms with E-state index in [1.807, 2.05) is 11.8 Å². The summed E-state index contributed by atoms with van der Waals surface area (Å²) in [4.78, 5) is 28.2. The van der Waals surface area contributed by atoms with E-state index in [1.54, 1.807) is 4.90 Å². The number of amides is 1. The van der Waals surface area contributed by atoms with Crippen LogP contribution in [0.25, 0.3) is 0 Å². The van der Waals surface area contributed by atoms with E-state index in [0.29, 0.717) is 30.4 Å². The van der Waals surface area contributed by atoms with Crippen LogP contribution in [-0.4, -0.2) is 91.0 Å². The van der Waals surface area contributed by atoms with Crippen LogP contribution in [0.5, 0.6) is 0 Å². The third-order valence-electron chi connectivity index (χ3n) is 5.53. The molecule has 2 aliphatic heterocycles. The molecule has 0 bridgehead atoms. The number of carbonyl (C=O) groups excluding carboxylic acids is 2. The highest BCUT2D eigenvalue weighted by Gasteiger charge is 2.31. The Balaban J connectivity index is 1.55. The summed E-state index contributed by atoms with van der Waals surface area (Å²) in [6, 6.07) is 6.02. The fraction of sp³-hybridized carbons (Fsp3) is 0.600. The highest BCUT2D eigenvalue weighted by atomic mass is 32.2. The second-order valence-electron chi connectivity index (χ2n) is 7.50. The smallest absolute Gasteiger partial charge is 0.243 e. The zero-order valence-electron chi connectivity index (χ0n) is 17.0. The Morgan fingerprint density at radius 2 is 1.72 bits per heavy atom. The van der Waals surface area contributed by atoms with Crippen molar-refractivity contribution in [2.24, 2.45) is 0 Å². The van der Waals surface area contributed by atoms with Crippen LogP contribution in [0.15, 0.2) is 29.2 Å². The molecule has 3 rings (SSSR count). The molecule has 29 heavy (non-hydrogen) atoms. The molecule has 1 atom stereocenters. The zero-order chi connectivity index (χ0) is 21.0. The number of hydrogen-bond donors (Lipinski definition) is 0. The molecule has 2 heterocycles. The van der Waals surface area contributed by atoms with Crippen molar-refractivity contribution in [1.82, 2.24) is 14.1 Å². The van der Waals surface area contributed by atoms with Crippen molar-refractivity contribution < 1.29 is 18.0 Å². The molecule has 0 radical (unpaired) electrons. The quantitative estimate of drug-likeness (QED) is 0.626. The number of nitrogens with zero attached hydrogens (tertiary/aromatic N) is 3. The molecule has 9 heteroatoms. The number of sulfonamides is 1. The minimum atomic E-state index is -3.62. The molecule has 0 aliphatic carbocycles. The van der Waals surface area contributed by atoms with Crippen LogP contribution in [0.1, 0.15) is 30.6 Å². The van der Waals surface area contributed by atoms with E-state index >= 15 is 0 Å². The van der Waals surface area contributed by atoms with Gasteiger partial charge in [0, 0.05) is 55.8 Å². The lowest BCUT2D eigenvalue weighted by atomic mass is 10.2. The summed E-state index contributed by atoms with van der Waals surface area (Å²) in [5, 5.41) is 0.591. The van der Waals surface area contributed by atoms with Gasteiger partial charge in [0.2, 0.25) is 15.9 Å². The first-order valence-electron chi connectivity index (χ1n) is 10.0. The van der Waals surface area contributed by atoms with Gasteiger partial charge >= 0.3 is 0 Å². The SMILES string of the molecule is CC[C@H]1CN(CC(=O)N2CCN(S(=O)(=O)c3ccc(C(C)=O)cc3)CC2)CCS1. The van der Waals surface area contributed by atoms with Crippen LogP contribution < -0.4 is 0 Å². The second-order valence-corrected chi connectivity index (χ2v) is 10.8. The Morgan fingerprint density at radius 1 is 1.07 bits per heavy atom. The molecule has 0 spiro atoms. The second kappa shape index (κ2) is 9.59. The molecule has 1 aromatic carbocycles. The summed E-state index contributed by atoms with van der Waals surface area (Å²) in [5.74, 6) is 1.04. The third-order valence-corrected chi connectivity index (χ3v) is 8.81. The van der Waals surface area contributed by atoms with Crippen LogP contribution in [0.3, 0.4) is 0 Å². The Hall–Kier alpha value is -1.42. The standard InChI is InChI=1S/C20H29N3O4S2/c1-3-18-14-21(12-13-28-18)15-20(25)22-8-10-23(11-9-22)29(26,27)19-6-4-17(5-7-19)16(2)24/h4-7,18H,3,8-15H2,1-2H3/t18-/m0/s1. The molecule has 1 aromatic rings. The number of hydrogen-bond acceptors (Lipinski definition) is 6. The molecule has 0 unspecified atom stereocenters. The lowest BCUT2D eigenvalue weighted by Gasteiger charge is -2.36. The van der Waals surface area contributed by atoms with Crippen molar-refractivity contribution in [2.45, 2.75) is 30.4 Å². The summed E-state index contributed by atoms with van der Waals surface area (Å²) >= 11 is 1.97. The number of rotatable bonds is 6. The summed E-state index contributed by atoms with van der Waals surface area (Å²) in [5.41, 5.74) is 0.487. The molecule has 0 N–H and O–H groups in total. The van der Waals surface area contributed by atoms with E-state index in [0.717, 1.165) is 25.3 Å². The highest BCUT2D eigenvalue weighted by molar-refractivity contribution is 8.00. The van der Waals surface area contributed by atoms with Crippen molar-refractivity contribution in [2.75, 3.05) is 51.6 Å².